The van der Waals surface area contributed by atoms with Crippen LogP contribution in [0.2, 0.25) is 5.02 Å². The molecule has 3 N–H and O–H groups in total. The molecule has 2 aromatic carbocycles. The van der Waals surface area contributed by atoms with E-state index in [9.17, 15) is 8.78 Å². The molecule has 0 spiro atoms. The molecule has 0 unspecified atom stereocenters. The van der Waals surface area contributed by atoms with E-state index >= 15 is 0 Å². The normalized spacial score (nSPS) is 10.5. The summed E-state index contributed by atoms with van der Waals surface area (Å²) in [7, 11) is 1.59. The number of halogens is 3. The van der Waals surface area contributed by atoms with E-state index in [-0.39, 0.29) is 17.1 Å². The number of anilines is 1. The number of rotatable bonds is 4. The van der Waals surface area contributed by atoms with Crippen molar-refractivity contribution in [3.8, 4) is 0 Å². The van der Waals surface area contributed by atoms with Crippen molar-refractivity contribution in [3.05, 3.63) is 64.2 Å². The minimum Gasteiger partial charge on any atom is -0.384 e. The summed E-state index contributed by atoms with van der Waals surface area (Å²) in [6, 6.07) is 9.13. The highest BCUT2D eigenvalue weighted by atomic mass is 35.5. The van der Waals surface area contributed by atoms with Gasteiger partial charge in [-0.3, -0.25) is 5.41 Å². The van der Waals surface area contributed by atoms with E-state index in [0.717, 1.165) is 17.7 Å². The molecule has 0 fully saturated rings. The lowest BCUT2D eigenvalue weighted by Gasteiger charge is -2.21. The molecule has 0 aliphatic heterocycles. The molecule has 0 aromatic heterocycles. The van der Waals surface area contributed by atoms with Gasteiger partial charge in [-0.15, -0.1) is 0 Å². The molecule has 6 heteroatoms. The van der Waals surface area contributed by atoms with Crippen molar-refractivity contribution < 1.29 is 8.78 Å². The predicted octanol–water partition coefficient (Wildman–Crippen LogP) is 3.54. The SMILES string of the molecule is CN(Cc1ccc(Cl)cc1)c1c(F)cc(C(=N)N)cc1F. The lowest BCUT2D eigenvalue weighted by atomic mass is 10.1. The van der Waals surface area contributed by atoms with Crippen molar-refractivity contribution in [1.29, 1.82) is 5.41 Å². The van der Waals surface area contributed by atoms with Gasteiger partial charge in [0.25, 0.3) is 0 Å². The minimum absolute atomic E-state index is 0.0219. The van der Waals surface area contributed by atoms with Gasteiger partial charge in [-0.05, 0) is 29.8 Å². The maximum atomic E-state index is 14.0. The Bertz CT molecular complexity index is 648. The number of nitrogens with one attached hydrogen (secondary N) is 1. The molecule has 0 aliphatic carbocycles. The topological polar surface area (TPSA) is 53.1 Å². The molecular formula is C15H14ClF2N3. The summed E-state index contributed by atoms with van der Waals surface area (Å²) in [6.45, 7) is 0.324. The first kappa shape index (κ1) is 15.3. The molecule has 3 nitrogen and oxygen atoms in total. The van der Waals surface area contributed by atoms with E-state index in [1.54, 1.807) is 31.3 Å². The number of nitrogens with two attached hydrogens (primary N) is 1. The Morgan fingerprint density at radius 3 is 2.19 bits per heavy atom. The number of nitrogens with zero attached hydrogens (tertiary/aromatic N) is 1. The Labute approximate surface area is 126 Å². The second-order valence-electron chi connectivity index (χ2n) is 4.68. The molecule has 0 heterocycles. The lowest BCUT2D eigenvalue weighted by Crippen LogP contribution is -2.20. The van der Waals surface area contributed by atoms with E-state index in [0.29, 0.717) is 11.6 Å². The Hall–Kier alpha value is -2.14. The van der Waals surface area contributed by atoms with Gasteiger partial charge in [0.15, 0.2) is 0 Å². The Morgan fingerprint density at radius 2 is 1.71 bits per heavy atom. The summed E-state index contributed by atoms with van der Waals surface area (Å²) in [4.78, 5) is 1.46. The summed E-state index contributed by atoms with van der Waals surface area (Å²) < 4.78 is 28.1. The molecule has 21 heavy (non-hydrogen) atoms. The number of amidine groups is 1. The van der Waals surface area contributed by atoms with Crippen LogP contribution in [0.3, 0.4) is 0 Å². The molecular weight excluding hydrogens is 296 g/mol. The first-order chi connectivity index (χ1) is 9.88. The second kappa shape index (κ2) is 6.10. The van der Waals surface area contributed by atoms with Crippen molar-refractivity contribution in [1.82, 2.24) is 0 Å². The Morgan fingerprint density at radius 1 is 1.19 bits per heavy atom. The molecule has 2 rings (SSSR count). The molecule has 0 aliphatic rings. The van der Waals surface area contributed by atoms with E-state index in [4.69, 9.17) is 22.7 Å². The van der Waals surface area contributed by atoms with Gasteiger partial charge in [-0.25, -0.2) is 8.78 Å². The molecule has 0 atom stereocenters. The van der Waals surface area contributed by atoms with Crippen LogP contribution in [-0.2, 0) is 6.54 Å². The molecule has 0 bridgehead atoms. The number of nitrogen functional groups attached to an aromatic ring is 1. The highest BCUT2D eigenvalue weighted by Crippen LogP contribution is 2.25. The summed E-state index contributed by atoms with van der Waals surface area (Å²) in [5.41, 5.74) is 5.98. The fourth-order valence-electron chi connectivity index (χ4n) is 2.03. The number of hydrogen-bond acceptors (Lipinski definition) is 2. The maximum Gasteiger partial charge on any atom is 0.150 e. The van der Waals surface area contributed by atoms with Gasteiger partial charge in [-0.2, -0.15) is 0 Å². The van der Waals surface area contributed by atoms with Gasteiger partial charge in [-0.1, -0.05) is 23.7 Å². The fourth-order valence-corrected chi connectivity index (χ4v) is 2.15. The van der Waals surface area contributed by atoms with E-state index in [1.165, 1.54) is 4.90 Å². The number of hydrogen-bond donors (Lipinski definition) is 2. The van der Waals surface area contributed by atoms with Gasteiger partial charge in [0, 0.05) is 24.2 Å². The maximum absolute atomic E-state index is 14.0. The molecule has 110 valence electrons. The van der Waals surface area contributed by atoms with Gasteiger partial charge >= 0.3 is 0 Å². The third kappa shape index (κ3) is 3.49. The highest BCUT2D eigenvalue weighted by Gasteiger charge is 2.16. The molecule has 0 radical (unpaired) electrons. The molecule has 0 saturated heterocycles. The standard InChI is InChI=1S/C15H14ClF2N3/c1-21(8-9-2-4-11(16)5-3-9)14-12(17)6-10(15(19)20)7-13(14)18/h2-7H,8H2,1H3,(H3,19,20). The van der Waals surface area contributed by atoms with Crippen molar-refractivity contribution in [3.63, 3.8) is 0 Å². The van der Waals surface area contributed by atoms with Gasteiger partial charge in [0.2, 0.25) is 0 Å². The fraction of sp³-hybridized carbons (Fsp3) is 0.133. The van der Waals surface area contributed by atoms with Gasteiger partial charge < -0.3 is 10.6 Å². The van der Waals surface area contributed by atoms with Crippen LogP contribution >= 0.6 is 11.6 Å². The summed E-state index contributed by atoms with van der Waals surface area (Å²) >= 11 is 5.80. The summed E-state index contributed by atoms with van der Waals surface area (Å²) in [5, 5.41) is 7.83. The monoisotopic (exact) mass is 309 g/mol. The average Bonchev–Trinajstić information content (AvgIpc) is 2.40. The van der Waals surface area contributed by atoms with Crippen LogP contribution < -0.4 is 10.6 Å². The first-order valence-electron chi connectivity index (χ1n) is 6.17. The first-order valence-corrected chi connectivity index (χ1v) is 6.55. The Kier molecular flexibility index (Phi) is 4.43. The smallest absolute Gasteiger partial charge is 0.150 e. The largest absolute Gasteiger partial charge is 0.384 e. The van der Waals surface area contributed by atoms with Crippen molar-refractivity contribution >= 4 is 23.1 Å². The van der Waals surface area contributed by atoms with Crippen LogP contribution in [-0.4, -0.2) is 12.9 Å². The van der Waals surface area contributed by atoms with E-state index in [1.807, 2.05) is 0 Å². The van der Waals surface area contributed by atoms with Crippen LogP contribution in [0.25, 0.3) is 0 Å². The van der Waals surface area contributed by atoms with E-state index in [2.05, 4.69) is 0 Å². The van der Waals surface area contributed by atoms with Gasteiger partial charge in [0.1, 0.15) is 23.2 Å². The van der Waals surface area contributed by atoms with Crippen LogP contribution in [0.5, 0.6) is 0 Å². The molecule has 2 aromatic rings. The second-order valence-corrected chi connectivity index (χ2v) is 5.12. The van der Waals surface area contributed by atoms with Crippen LogP contribution in [0.15, 0.2) is 36.4 Å². The minimum atomic E-state index is -0.753. The van der Waals surface area contributed by atoms with Crippen LogP contribution in [0.4, 0.5) is 14.5 Å². The zero-order chi connectivity index (χ0) is 15.6. The van der Waals surface area contributed by atoms with E-state index < -0.39 is 11.6 Å². The lowest BCUT2D eigenvalue weighted by molar-refractivity contribution is 0.576. The summed E-state index contributed by atoms with van der Waals surface area (Å²) in [6.07, 6.45) is 0. The Balaban J connectivity index is 2.28. The van der Waals surface area contributed by atoms with Crippen LogP contribution in [0.1, 0.15) is 11.1 Å². The zero-order valence-electron chi connectivity index (χ0n) is 11.3. The summed E-state index contributed by atoms with van der Waals surface area (Å²) in [5.74, 6) is -1.88. The molecule has 0 saturated carbocycles. The quantitative estimate of drug-likeness (QED) is 0.670. The molecule has 0 amide bonds. The zero-order valence-corrected chi connectivity index (χ0v) is 12.1. The van der Waals surface area contributed by atoms with Crippen LogP contribution in [0, 0.1) is 17.0 Å². The van der Waals surface area contributed by atoms with Crippen molar-refractivity contribution in [2.24, 2.45) is 5.73 Å². The highest BCUT2D eigenvalue weighted by molar-refractivity contribution is 6.30. The predicted molar refractivity (Wildman–Crippen MR) is 80.9 cm³/mol. The van der Waals surface area contributed by atoms with Crippen molar-refractivity contribution in [2.45, 2.75) is 6.54 Å². The number of benzene rings is 2. The van der Waals surface area contributed by atoms with Gasteiger partial charge in [0.05, 0.1) is 0 Å². The third-order valence-corrected chi connectivity index (χ3v) is 3.29. The third-order valence-electron chi connectivity index (χ3n) is 3.04. The average molecular weight is 310 g/mol. The van der Waals surface area contributed by atoms with Crippen molar-refractivity contribution in [2.75, 3.05) is 11.9 Å².